The number of piperidine rings is 1. The molecule has 1 aliphatic rings. The van der Waals surface area contributed by atoms with Gasteiger partial charge in [0.15, 0.2) is 0 Å². The predicted molar refractivity (Wildman–Crippen MR) is 84.6 cm³/mol. The van der Waals surface area contributed by atoms with E-state index in [0.29, 0.717) is 11.1 Å². The summed E-state index contributed by atoms with van der Waals surface area (Å²) >= 11 is 6.14. The molecule has 1 aromatic carbocycles. The first-order valence-electron chi connectivity index (χ1n) is 7.47. The Kier molecular flexibility index (Phi) is 6.14. The minimum atomic E-state index is 0.494. The number of rotatable bonds is 6. The summed E-state index contributed by atoms with van der Waals surface area (Å²) in [6, 6.07) is 6.45. The first-order chi connectivity index (χ1) is 9.69. The second-order valence-electron chi connectivity index (χ2n) is 5.61. The second kappa shape index (κ2) is 7.87. The van der Waals surface area contributed by atoms with Crippen LogP contribution in [-0.4, -0.2) is 37.7 Å². The maximum Gasteiger partial charge on any atom is 0.137 e. The zero-order valence-electron chi connectivity index (χ0n) is 12.5. The Morgan fingerprint density at radius 3 is 2.70 bits per heavy atom. The lowest BCUT2D eigenvalue weighted by Crippen LogP contribution is -2.41. The molecule has 0 aliphatic carbocycles. The van der Waals surface area contributed by atoms with Crippen molar-refractivity contribution < 1.29 is 4.74 Å². The molecule has 112 valence electrons. The number of hydrogen-bond donors (Lipinski definition) is 1. The Morgan fingerprint density at radius 1 is 1.30 bits per heavy atom. The van der Waals surface area contributed by atoms with Gasteiger partial charge in [-0.05, 0) is 50.6 Å². The van der Waals surface area contributed by atoms with E-state index < -0.39 is 0 Å². The molecule has 4 heteroatoms. The highest BCUT2D eigenvalue weighted by atomic mass is 35.5. The van der Waals surface area contributed by atoms with Gasteiger partial charge in [-0.3, -0.25) is 0 Å². The fourth-order valence-corrected chi connectivity index (χ4v) is 2.99. The number of nitrogens with zero attached hydrogens (tertiary/aromatic N) is 1. The number of ether oxygens (including phenoxy) is 1. The van der Waals surface area contributed by atoms with Crippen molar-refractivity contribution in [3.63, 3.8) is 0 Å². The third-order valence-corrected chi connectivity index (χ3v) is 4.15. The fourth-order valence-electron chi connectivity index (χ4n) is 2.71. The molecule has 0 radical (unpaired) electrons. The Hall–Kier alpha value is -0.770. The largest absolute Gasteiger partial charge is 0.495 e. The van der Waals surface area contributed by atoms with Gasteiger partial charge in [0.1, 0.15) is 5.75 Å². The molecular formula is C16H25ClN2O. The maximum atomic E-state index is 6.14. The quantitative estimate of drug-likeness (QED) is 0.871. The van der Waals surface area contributed by atoms with Crippen LogP contribution in [0.1, 0.15) is 31.7 Å². The van der Waals surface area contributed by atoms with Crippen molar-refractivity contribution in [2.24, 2.45) is 0 Å². The van der Waals surface area contributed by atoms with Crippen molar-refractivity contribution in [3.8, 4) is 5.75 Å². The van der Waals surface area contributed by atoms with Crippen molar-refractivity contribution in [2.75, 3.05) is 26.7 Å². The van der Waals surface area contributed by atoms with Gasteiger partial charge >= 0.3 is 0 Å². The molecule has 2 rings (SSSR count). The lowest BCUT2D eigenvalue weighted by Gasteiger charge is -2.29. The van der Waals surface area contributed by atoms with Gasteiger partial charge < -0.3 is 15.0 Å². The highest BCUT2D eigenvalue weighted by Gasteiger charge is 2.13. The molecule has 1 N–H and O–H groups in total. The lowest BCUT2D eigenvalue weighted by molar-refractivity contribution is 0.209. The lowest BCUT2D eigenvalue weighted by atomic mass is 10.1. The smallest absolute Gasteiger partial charge is 0.137 e. The molecule has 0 spiro atoms. The summed E-state index contributed by atoms with van der Waals surface area (Å²) in [5.74, 6) is 0.733. The third kappa shape index (κ3) is 4.65. The number of nitrogens with one attached hydrogen (secondary N) is 1. The van der Waals surface area contributed by atoms with Gasteiger partial charge in [0.25, 0.3) is 0 Å². The standard InChI is InChI=1S/C16H25ClN2O/c1-13(12-19-8-4-3-5-9-19)18-11-14-6-7-16(20-2)15(17)10-14/h6-7,10,13,18H,3-5,8-9,11-12H2,1-2H3. The molecule has 1 fully saturated rings. The normalized spacial score (nSPS) is 17.9. The molecule has 1 saturated heterocycles. The van der Waals surface area contributed by atoms with Crippen LogP contribution >= 0.6 is 11.6 Å². The first-order valence-corrected chi connectivity index (χ1v) is 7.85. The highest BCUT2D eigenvalue weighted by Crippen LogP contribution is 2.24. The molecule has 0 amide bonds. The average molecular weight is 297 g/mol. The second-order valence-corrected chi connectivity index (χ2v) is 6.02. The molecule has 0 aromatic heterocycles. The molecule has 1 heterocycles. The van der Waals surface area contributed by atoms with Gasteiger partial charge in [0.05, 0.1) is 12.1 Å². The zero-order valence-corrected chi connectivity index (χ0v) is 13.2. The number of likely N-dealkylation sites (tertiary alicyclic amines) is 1. The summed E-state index contributed by atoms with van der Waals surface area (Å²) in [4.78, 5) is 2.56. The van der Waals surface area contributed by atoms with Gasteiger partial charge in [-0.1, -0.05) is 24.1 Å². The van der Waals surface area contributed by atoms with Gasteiger partial charge in [-0.15, -0.1) is 0 Å². The van der Waals surface area contributed by atoms with Crippen molar-refractivity contribution in [1.82, 2.24) is 10.2 Å². The Bertz CT molecular complexity index is 419. The van der Waals surface area contributed by atoms with Crippen LogP contribution in [0.5, 0.6) is 5.75 Å². The van der Waals surface area contributed by atoms with Crippen LogP contribution in [0.2, 0.25) is 5.02 Å². The van der Waals surface area contributed by atoms with E-state index in [1.165, 1.54) is 37.9 Å². The predicted octanol–water partition coefficient (Wildman–Crippen LogP) is 3.31. The van der Waals surface area contributed by atoms with Crippen LogP contribution < -0.4 is 10.1 Å². The number of halogens is 1. The molecular weight excluding hydrogens is 272 g/mol. The van der Waals surface area contributed by atoms with E-state index in [1.807, 2.05) is 12.1 Å². The minimum Gasteiger partial charge on any atom is -0.495 e. The zero-order chi connectivity index (χ0) is 14.4. The van der Waals surface area contributed by atoms with E-state index in [0.717, 1.165) is 18.8 Å². The Balaban J connectivity index is 1.77. The van der Waals surface area contributed by atoms with Gasteiger partial charge in [-0.25, -0.2) is 0 Å². The van der Waals surface area contributed by atoms with Crippen LogP contribution in [0.4, 0.5) is 0 Å². The van der Waals surface area contributed by atoms with E-state index in [4.69, 9.17) is 16.3 Å². The fraction of sp³-hybridized carbons (Fsp3) is 0.625. The van der Waals surface area contributed by atoms with Crippen LogP contribution in [0.3, 0.4) is 0 Å². The highest BCUT2D eigenvalue weighted by molar-refractivity contribution is 6.32. The Labute approximate surface area is 127 Å². The summed E-state index contributed by atoms with van der Waals surface area (Å²) in [5, 5.41) is 4.25. The van der Waals surface area contributed by atoms with E-state index in [9.17, 15) is 0 Å². The van der Waals surface area contributed by atoms with Crippen molar-refractivity contribution in [3.05, 3.63) is 28.8 Å². The Morgan fingerprint density at radius 2 is 2.05 bits per heavy atom. The number of benzene rings is 1. The van der Waals surface area contributed by atoms with Crippen LogP contribution in [0.25, 0.3) is 0 Å². The minimum absolute atomic E-state index is 0.494. The van der Waals surface area contributed by atoms with Gasteiger partial charge in [-0.2, -0.15) is 0 Å². The van der Waals surface area contributed by atoms with E-state index in [2.05, 4.69) is 23.2 Å². The van der Waals surface area contributed by atoms with Crippen LogP contribution in [0.15, 0.2) is 18.2 Å². The van der Waals surface area contributed by atoms with E-state index in [1.54, 1.807) is 7.11 Å². The number of hydrogen-bond acceptors (Lipinski definition) is 3. The maximum absolute atomic E-state index is 6.14. The molecule has 3 nitrogen and oxygen atoms in total. The summed E-state index contributed by atoms with van der Waals surface area (Å²) in [6.07, 6.45) is 4.09. The summed E-state index contributed by atoms with van der Waals surface area (Å²) in [6.45, 7) is 6.73. The summed E-state index contributed by atoms with van der Waals surface area (Å²) in [7, 11) is 1.64. The molecule has 1 atom stereocenters. The van der Waals surface area contributed by atoms with E-state index >= 15 is 0 Å². The molecule has 0 saturated carbocycles. The number of methoxy groups -OCH3 is 1. The third-order valence-electron chi connectivity index (χ3n) is 3.85. The van der Waals surface area contributed by atoms with Gasteiger partial charge in [0, 0.05) is 19.1 Å². The topological polar surface area (TPSA) is 24.5 Å². The molecule has 0 bridgehead atoms. The monoisotopic (exact) mass is 296 g/mol. The SMILES string of the molecule is COc1ccc(CNC(C)CN2CCCCC2)cc1Cl. The molecule has 1 aromatic rings. The van der Waals surface area contributed by atoms with Crippen molar-refractivity contribution in [2.45, 2.75) is 38.8 Å². The van der Waals surface area contributed by atoms with Crippen molar-refractivity contribution >= 4 is 11.6 Å². The first kappa shape index (κ1) is 15.6. The van der Waals surface area contributed by atoms with Crippen LogP contribution in [-0.2, 0) is 6.54 Å². The van der Waals surface area contributed by atoms with Gasteiger partial charge in [0.2, 0.25) is 0 Å². The summed E-state index contributed by atoms with van der Waals surface area (Å²) < 4.78 is 5.17. The summed E-state index contributed by atoms with van der Waals surface area (Å²) in [5.41, 5.74) is 1.20. The molecule has 1 aliphatic heterocycles. The van der Waals surface area contributed by atoms with Crippen LogP contribution in [0, 0.1) is 0 Å². The molecule has 20 heavy (non-hydrogen) atoms. The average Bonchev–Trinajstić information content (AvgIpc) is 2.46. The van der Waals surface area contributed by atoms with E-state index in [-0.39, 0.29) is 0 Å². The molecule has 1 unspecified atom stereocenters. The van der Waals surface area contributed by atoms with Crippen molar-refractivity contribution in [1.29, 1.82) is 0 Å².